The number of carbonyl (C=O) groups is 1. The summed E-state index contributed by atoms with van der Waals surface area (Å²) in [5.41, 5.74) is 3.41. The number of methoxy groups -OCH3 is 1. The summed E-state index contributed by atoms with van der Waals surface area (Å²) >= 11 is 4.76. The molecular weight excluding hydrogens is 346 g/mol. The van der Waals surface area contributed by atoms with Crippen molar-refractivity contribution < 1.29 is 9.53 Å². The predicted octanol–water partition coefficient (Wildman–Crippen LogP) is 5.26. The van der Waals surface area contributed by atoms with Gasteiger partial charge in [0.1, 0.15) is 9.88 Å². The van der Waals surface area contributed by atoms with Gasteiger partial charge in [-0.15, -0.1) is 34.4 Å². The minimum Gasteiger partial charge on any atom is -0.465 e. The van der Waals surface area contributed by atoms with Crippen molar-refractivity contribution in [1.82, 2.24) is 4.98 Å². The lowest BCUT2D eigenvalue weighted by atomic mass is 10.1. The van der Waals surface area contributed by atoms with Crippen LogP contribution in [0.2, 0.25) is 0 Å². The molecule has 3 nitrogen and oxygen atoms in total. The average Bonchev–Trinajstić information content (AvgIpc) is 3.22. The lowest BCUT2D eigenvalue weighted by molar-refractivity contribution is 0.0606. The first kappa shape index (κ1) is 16.2. The largest absolute Gasteiger partial charge is 0.465 e. The van der Waals surface area contributed by atoms with Gasteiger partial charge in [0.05, 0.1) is 18.6 Å². The van der Waals surface area contributed by atoms with Crippen LogP contribution in [0.25, 0.3) is 11.3 Å². The van der Waals surface area contributed by atoms with Gasteiger partial charge in [0.15, 0.2) is 0 Å². The van der Waals surface area contributed by atoms with E-state index in [0.717, 1.165) is 26.9 Å². The summed E-state index contributed by atoms with van der Waals surface area (Å²) in [4.78, 5) is 17.9. The topological polar surface area (TPSA) is 39.2 Å². The number of hydrogen-bond donors (Lipinski definition) is 0. The van der Waals surface area contributed by atoms with Gasteiger partial charge in [-0.1, -0.05) is 29.8 Å². The second-order valence-electron chi connectivity index (χ2n) is 4.92. The first-order chi connectivity index (χ1) is 11.2. The number of hydrogen-bond acceptors (Lipinski definition) is 6. The molecule has 0 spiro atoms. The SMILES string of the molecule is COC(=O)c1cc(SCc2nc(-c3ccc(C)cc3)cs2)cs1. The zero-order chi connectivity index (χ0) is 16.2. The van der Waals surface area contributed by atoms with Crippen LogP contribution >= 0.6 is 34.4 Å². The van der Waals surface area contributed by atoms with E-state index in [-0.39, 0.29) is 5.97 Å². The van der Waals surface area contributed by atoms with E-state index in [1.54, 1.807) is 23.1 Å². The van der Waals surface area contributed by atoms with Crippen LogP contribution < -0.4 is 0 Å². The molecule has 0 saturated carbocycles. The minimum absolute atomic E-state index is 0.280. The van der Waals surface area contributed by atoms with Crippen molar-refractivity contribution in [3.05, 3.63) is 56.5 Å². The molecule has 6 heteroatoms. The summed E-state index contributed by atoms with van der Waals surface area (Å²) in [5.74, 6) is 0.520. The average molecular weight is 362 g/mol. The second kappa shape index (κ2) is 7.29. The lowest BCUT2D eigenvalue weighted by Gasteiger charge is -1.97. The van der Waals surface area contributed by atoms with Gasteiger partial charge in [-0.2, -0.15) is 0 Å². The summed E-state index contributed by atoms with van der Waals surface area (Å²) in [6.45, 7) is 2.08. The Hall–Kier alpha value is -1.63. The molecule has 0 amide bonds. The molecule has 3 rings (SSSR count). The molecule has 0 aliphatic rings. The highest BCUT2D eigenvalue weighted by atomic mass is 32.2. The zero-order valence-electron chi connectivity index (χ0n) is 12.7. The molecule has 0 radical (unpaired) electrons. The van der Waals surface area contributed by atoms with Crippen molar-refractivity contribution in [3.63, 3.8) is 0 Å². The monoisotopic (exact) mass is 361 g/mol. The lowest BCUT2D eigenvalue weighted by Crippen LogP contribution is -1.96. The summed E-state index contributed by atoms with van der Waals surface area (Å²) < 4.78 is 4.72. The minimum atomic E-state index is -0.280. The summed E-state index contributed by atoms with van der Waals surface area (Å²) in [6.07, 6.45) is 0. The molecule has 0 N–H and O–H groups in total. The van der Waals surface area contributed by atoms with Crippen molar-refractivity contribution in [2.24, 2.45) is 0 Å². The number of ether oxygens (including phenoxy) is 1. The van der Waals surface area contributed by atoms with Gasteiger partial charge in [0, 0.05) is 21.2 Å². The number of esters is 1. The first-order valence-corrected chi connectivity index (χ1v) is 9.71. The number of nitrogens with zero attached hydrogens (tertiary/aromatic N) is 1. The second-order valence-corrected chi connectivity index (χ2v) is 7.82. The van der Waals surface area contributed by atoms with Gasteiger partial charge >= 0.3 is 5.97 Å². The van der Waals surface area contributed by atoms with Crippen LogP contribution in [0, 0.1) is 6.92 Å². The van der Waals surface area contributed by atoms with E-state index < -0.39 is 0 Å². The maximum Gasteiger partial charge on any atom is 0.348 e. The number of thioether (sulfide) groups is 1. The summed E-state index contributed by atoms with van der Waals surface area (Å²) in [5, 5.41) is 5.15. The van der Waals surface area contributed by atoms with Crippen molar-refractivity contribution in [3.8, 4) is 11.3 Å². The van der Waals surface area contributed by atoms with Gasteiger partial charge < -0.3 is 4.74 Å². The Morgan fingerprint density at radius 3 is 2.74 bits per heavy atom. The van der Waals surface area contributed by atoms with Crippen molar-refractivity contribution in [1.29, 1.82) is 0 Å². The van der Waals surface area contributed by atoms with Gasteiger partial charge in [-0.25, -0.2) is 9.78 Å². The molecule has 2 heterocycles. The van der Waals surface area contributed by atoms with Gasteiger partial charge in [0.2, 0.25) is 0 Å². The Balaban J connectivity index is 1.64. The first-order valence-electron chi connectivity index (χ1n) is 6.97. The molecule has 0 unspecified atom stereocenters. The Morgan fingerprint density at radius 2 is 2.00 bits per heavy atom. The van der Waals surface area contributed by atoms with Crippen molar-refractivity contribution in [2.75, 3.05) is 7.11 Å². The van der Waals surface area contributed by atoms with E-state index >= 15 is 0 Å². The third kappa shape index (κ3) is 4.02. The number of carbonyl (C=O) groups excluding carboxylic acids is 1. The van der Waals surface area contributed by atoms with E-state index in [1.807, 2.05) is 11.4 Å². The van der Waals surface area contributed by atoms with Crippen LogP contribution in [-0.2, 0) is 10.5 Å². The molecule has 0 aliphatic carbocycles. The highest BCUT2D eigenvalue weighted by molar-refractivity contribution is 7.98. The Morgan fingerprint density at radius 1 is 1.22 bits per heavy atom. The molecule has 0 aliphatic heterocycles. The van der Waals surface area contributed by atoms with Crippen LogP contribution in [0.15, 0.2) is 46.0 Å². The zero-order valence-corrected chi connectivity index (χ0v) is 15.2. The Kier molecular flexibility index (Phi) is 5.15. The van der Waals surface area contributed by atoms with Crippen LogP contribution in [-0.4, -0.2) is 18.1 Å². The van der Waals surface area contributed by atoms with Crippen molar-refractivity contribution >= 4 is 40.4 Å². The van der Waals surface area contributed by atoms with E-state index in [4.69, 9.17) is 9.72 Å². The standard InChI is InChI=1S/C17H15NO2S3/c1-11-3-5-12(6-4-11)14-9-23-16(18-14)10-21-13-7-15(22-8-13)17(19)20-2/h3-9H,10H2,1-2H3. The third-order valence-electron chi connectivity index (χ3n) is 3.22. The molecule has 0 atom stereocenters. The fourth-order valence-electron chi connectivity index (χ4n) is 1.98. The number of aryl methyl sites for hydroxylation is 1. The normalized spacial score (nSPS) is 10.7. The molecule has 1 aromatic carbocycles. The summed E-state index contributed by atoms with van der Waals surface area (Å²) in [7, 11) is 1.40. The van der Waals surface area contributed by atoms with Gasteiger partial charge in [-0.05, 0) is 13.0 Å². The molecular formula is C17H15NO2S3. The number of aromatic nitrogens is 1. The van der Waals surface area contributed by atoms with Crippen LogP contribution in [0.4, 0.5) is 0 Å². The number of rotatable bonds is 5. The van der Waals surface area contributed by atoms with Crippen molar-refractivity contribution in [2.45, 2.75) is 17.6 Å². The highest BCUT2D eigenvalue weighted by Gasteiger charge is 2.10. The predicted molar refractivity (Wildman–Crippen MR) is 97.5 cm³/mol. The summed E-state index contributed by atoms with van der Waals surface area (Å²) in [6, 6.07) is 10.3. The molecule has 0 bridgehead atoms. The van der Waals surface area contributed by atoms with E-state index in [1.165, 1.54) is 24.0 Å². The maximum atomic E-state index is 11.5. The number of thiophene rings is 1. The van der Waals surface area contributed by atoms with E-state index in [9.17, 15) is 4.79 Å². The van der Waals surface area contributed by atoms with Gasteiger partial charge in [-0.3, -0.25) is 0 Å². The highest BCUT2D eigenvalue weighted by Crippen LogP contribution is 2.30. The quantitative estimate of drug-likeness (QED) is 0.459. The fraction of sp³-hybridized carbons (Fsp3) is 0.176. The van der Waals surface area contributed by atoms with Gasteiger partial charge in [0.25, 0.3) is 0 Å². The Bertz CT molecular complexity index is 805. The molecule has 0 saturated heterocycles. The molecule has 118 valence electrons. The number of thiazole rings is 1. The Labute approximate surface area is 147 Å². The molecule has 3 aromatic rings. The molecule has 23 heavy (non-hydrogen) atoms. The van der Waals surface area contributed by atoms with Crippen LogP contribution in [0.5, 0.6) is 0 Å². The van der Waals surface area contributed by atoms with Crippen LogP contribution in [0.3, 0.4) is 0 Å². The molecule has 2 aromatic heterocycles. The number of benzene rings is 1. The fourth-order valence-corrected chi connectivity index (χ4v) is 4.75. The van der Waals surface area contributed by atoms with Crippen LogP contribution in [0.1, 0.15) is 20.2 Å². The maximum absolute atomic E-state index is 11.5. The third-order valence-corrected chi connectivity index (χ3v) is 6.30. The molecule has 0 fully saturated rings. The smallest absolute Gasteiger partial charge is 0.348 e. The van der Waals surface area contributed by atoms with E-state index in [2.05, 4.69) is 36.6 Å². The van der Waals surface area contributed by atoms with E-state index in [0.29, 0.717) is 4.88 Å².